The maximum atomic E-state index is 13.3. The van der Waals surface area contributed by atoms with Crippen LogP contribution in [-0.4, -0.2) is 5.91 Å². The molecular formula is C15H10ClFN2O. The van der Waals surface area contributed by atoms with Gasteiger partial charge >= 0.3 is 0 Å². The lowest BCUT2D eigenvalue weighted by atomic mass is 10.1. The molecule has 1 amide bonds. The molecule has 0 aliphatic rings. The van der Waals surface area contributed by atoms with Gasteiger partial charge in [-0.1, -0.05) is 23.7 Å². The summed E-state index contributed by atoms with van der Waals surface area (Å²) in [6.45, 7) is 0.262. The molecule has 0 aromatic heterocycles. The molecular weight excluding hydrogens is 279 g/mol. The van der Waals surface area contributed by atoms with Crippen molar-refractivity contribution < 1.29 is 9.18 Å². The number of carbonyl (C=O) groups is 1. The lowest BCUT2D eigenvalue weighted by Crippen LogP contribution is -2.22. The molecule has 0 aliphatic carbocycles. The number of carbonyl (C=O) groups excluding carboxylic acids is 1. The fourth-order valence-electron chi connectivity index (χ4n) is 1.67. The molecule has 0 bridgehead atoms. The number of halogens is 2. The summed E-state index contributed by atoms with van der Waals surface area (Å²) in [7, 11) is 0. The Bertz CT molecular complexity index is 695. The van der Waals surface area contributed by atoms with E-state index in [9.17, 15) is 9.18 Å². The van der Waals surface area contributed by atoms with Crippen LogP contribution in [0.1, 0.15) is 21.5 Å². The van der Waals surface area contributed by atoms with Crippen LogP contribution < -0.4 is 5.32 Å². The molecule has 0 heterocycles. The number of amides is 1. The minimum atomic E-state index is -0.634. The van der Waals surface area contributed by atoms with Crippen LogP contribution in [0.3, 0.4) is 0 Å². The molecule has 3 nitrogen and oxygen atoms in total. The summed E-state index contributed by atoms with van der Waals surface area (Å²) in [5.41, 5.74) is 1.52. The van der Waals surface area contributed by atoms with Crippen molar-refractivity contribution in [1.29, 1.82) is 5.26 Å². The molecule has 0 atom stereocenters. The Kier molecular flexibility index (Phi) is 4.34. The Balaban J connectivity index is 2.05. The summed E-state index contributed by atoms with van der Waals surface area (Å²) in [5.74, 6) is -1.03. The smallest absolute Gasteiger partial charge is 0.251 e. The molecule has 0 radical (unpaired) electrons. The summed E-state index contributed by atoms with van der Waals surface area (Å²) in [5, 5.41) is 11.4. The van der Waals surface area contributed by atoms with Crippen molar-refractivity contribution in [2.24, 2.45) is 0 Å². The molecule has 0 aliphatic heterocycles. The normalized spacial score (nSPS) is 9.85. The van der Waals surface area contributed by atoms with Crippen molar-refractivity contribution in [3.63, 3.8) is 0 Å². The average molecular weight is 289 g/mol. The van der Waals surface area contributed by atoms with E-state index in [2.05, 4.69) is 5.32 Å². The van der Waals surface area contributed by atoms with Gasteiger partial charge in [0.05, 0.1) is 16.7 Å². The van der Waals surface area contributed by atoms with Gasteiger partial charge in [-0.3, -0.25) is 4.79 Å². The molecule has 5 heteroatoms. The van der Waals surface area contributed by atoms with Gasteiger partial charge < -0.3 is 5.32 Å². The Hall–Kier alpha value is -2.38. The van der Waals surface area contributed by atoms with E-state index in [1.165, 1.54) is 12.1 Å². The van der Waals surface area contributed by atoms with E-state index < -0.39 is 11.7 Å². The van der Waals surface area contributed by atoms with Crippen LogP contribution in [0.2, 0.25) is 5.02 Å². The quantitative estimate of drug-likeness (QED) is 0.942. The highest BCUT2D eigenvalue weighted by Gasteiger charge is 2.08. The van der Waals surface area contributed by atoms with Gasteiger partial charge in [-0.05, 0) is 35.9 Å². The third-order valence-corrected chi connectivity index (χ3v) is 3.00. The summed E-state index contributed by atoms with van der Waals surface area (Å²) in [4.78, 5) is 11.9. The Labute approximate surface area is 120 Å². The lowest BCUT2D eigenvalue weighted by molar-refractivity contribution is 0.0950. The first-order valence-electron chi connectivity index (χ1n) is 5.82. The van der Waals surface area contributed by atoms with Crippen LogP contribution in [0.5, 0.6) is 0 Å². The molecule has 2 aromatic carbocycles. The van der Waals surface area contributed by atoms with Crippen LogP contribution in [-0.2, 0) is 6.54 Å². The number of hydrogen-bond donors (Lipinski definition) is 1. The highest BCUT2D eigenvalue weighted by molar-refractivity contribution is 6.30. The standard InChI is InChI=1S/C15H10ClFN2O/c16-13-5-4-12(7-14(13)17)15(20)19-9-11-3-1-2-10(6-11)8-18/h1-7H,9H2,(H,19,20). The topological polar surface area (TPSA) is 52.9 Å². The first kappa shape index (κ1) is 14.0. The second-order valence-electron chi connectivity index (χ2n) is 4.12. The van der Waals surface area contributed by atoms with E-state index in [4.69, 9.17) is 16.9 Å². The maximum absolute atomic E-state index is 13.3. The van der Waals surface area contributed by atoms with Gasteiger partial charge in [0.2, 0.25) is 0 Å². The molecule has 0 fully saturated rings. The lowest BCUT2D eigenvalue weighted by Gasteiger charge is -2.06. The third kappa shape index (κ3) is 3.34. The summed E-state index contributed by atoms with van der Waals surface area (Å²) >= 11 is 5.55. The van der Waals surface area contributed by atoms with E-state index in [1.54, 1.807) is 24.3 Å². The molecule has 0 saturated heterocycles. The predicted octanol–water partition coefficient (Wildman–Crippen LogP) is 3.28. The summed E-state index contributed by atoms with van der Waals surface area (Å²) in [6, 6.07) is 12.8. The highest BCUT2D eigenvalue weighted by atomic mass is 35.5. The van der Waals surface area contributed by atoms with Crippen molar-refractivity contribution in [1.82, 2.24) is 5.32 Å². The van der Waals surface area contributed by atoms with Crippen molar-refractivity contribution in [2.75, 3.05) is 0 Å². The number of hydrogen-bond acceptors (Lipinski definition) is 2. The van der Waals surface area contributed by atoms with E-state index in [0.29, 0.717) is 5.56 Å². The van der Waals surface area contributed by atoms with Crippen LogP contribution in [0.4, 0.5) is 4.39 Å². The Morgan fingerprint density at radius 1 is 1.30 bits per heavy atom. The largest absolute Gasteiger partial charge is 0.348 e. The Morgan fingerprint density at radius 2 is 2.10 bits per heavy atom. The average Bonchev–Trinajstić information content (AvgIpc) is 2.47. The van der Waals surface area contributed by atoms with Gasteiger partial charge in [-0.15, -0.1) is 0 Å². The third-order valence-electron chi connectivity index (χ3n) is 2.69. The monoisotopic (exact) mass is 288 g/mol. The number of benzene rings is 2. The molecule has 0 unspecified atom stereocenters. The van der Waals surface area contributed by atoms with Crippen LogP contribution in [0.15, 0.2) is 42.5 Å². The fraction of sp³-hybridized carbons (Fsp3) is 0.0667. The summed E-state index contributed by atoms with van der Waals surface area (Å²) in [6.07, 6.45) is 0. The van der Waals surface area contributed by atoms with Gasteiger partial charge in [0.1, 0.15) is 5.82 Å². The first-order chi connectivity index (χ1) is 9.60. The van der Waals surface area contributed by atoms with Gasteiger partial charge in [0.15, 0.2) is 0 Å². The van der Waals surface area contributed by atoms with Crippen molar-refractivity contribution in [2.45, 2.75) is 6.54 Å². The van der Waals surface area contributed by atoms with Crippen molar-refractivity contribution >= 4 is 17.5 Å². The van der Waals surface area contributed by atoms with Crippen molar-refractivity contribution in [3.05, 3.63) is 70.0 Å². The molecule has 20 heavy (non-hydrogen) atoms. The number of nitriles is 1. The first-order valence-corrected chi connectivity index (χ1v) is 6.20. The van der Waals surface area contributed by atoms with Crippen molar-refractivity contribution in [3.8, 4) is 6.07 Å². The zero-order valence-corrected chi connectivity index (χ0v) is 11.1. The van der Waals surface area contributed by atoms with Crippen LogP contribution in [0, 0.1) is 17.1 Å². The van der Waals surface area contributed by atoms with Gasteiger partial charge in [0.25, 0.3) is 5.91 Å². The second kappa shape index (κ2) is 6.18. The minimum Gasteiger partial charge on any atom is -0.348 e. The SMILES string of the molecule is N#Cc1cccc(CNC(=O)c2ccc(Cl)c(F)c2)c1. The molecule has 2 rings (SSSR count). The fourth-order valence-corrected chi connectivity index (χ4v) is 1.79. The summed E-state index contributed by atoms with van der Waals surface area (Å²) < 4.78 is 13.3. The van der Waals surface area contributed by atoms with E-state index in [0.717, 1.165) is 11.6 Å². The van der Waals surface area contributed by atoms with Crippen LogP contribution >= 0.6 is 11.6 Å². The maximum Gasteiger partial charge on any atom is 0.251 e. The number of nitrogens with zero attached hydrogens (tertiary/aromatic N) is 1. The Morgan fingerprint density at radius 3 is 2.80 bits per heavy atom. The molecule has 1 N–H and O–H groups in total. The zero-order valence-electron chi connectivity index (χ0n) is 10.4. The molecule has 100 valence electrons. The molecule has 0 spiro atoms. The van der Waals surface area contributed by atoms with E-state index in [1.807, 2.05) is 6.07 Å². The van der Waals surface area contributed by atoms with Gasteiger partial charge in [0, 0.05) is 12.1 Å². The molecule has 2 aromatic rings. The van der Waals surface area contributed by atoms with E-state index in [-0.39, 0.29) is 17.1 Å². The minimum absolute atomic E-state index is 0.0247. The van der Waals surface area contributed by atoms with Crippen LogP contribution in [0.25, 0.3) is 0 Å². The number of rotatable bonds is 3. The van der Waals surface area contributed by atoms with Gasteiger partial charge in [-0.25, -0.2) is 4.39 Å². The van der Waals surface area contributed by atoms with E-state index >= 15 is 0 Å². The highest BCUT2D eigenvalue weighted by Crippen LogP contribution is 2.15. The molecule has 0 saturated carbocycles. The zero-order chi connectivity index (χ0) is 14.5. The van der Waals surface area contributed by atoms with Gasteiger partial charge in [-0.2, -0.15) is 5.26 Å². The second-order valence-corrected chi connectivity index (χ2v) is 4.53. The predicted molar refractivity (Wildman–Crippen MR) is 73.7 cm³/mol. The number of nitrogens with one attached hydrogen (secondary N) is 1.